The van der Waals surface area contributed by atoms with Gasteiger partial charge in [-0.15, -0.1) is 0 Å². The highest BCUT2D eigenvalue weighted by Gasteiger charge is 2.06. The lowest BCUT2D eigenvalue weighted by atomic mass is 10.0. The molecule has 1 nitrogen and oxygen atoms in total. The molecule has 0 aliphatic heterocycles. The number of nitrogens with zero attached hydrogens (tertiary/aromatic N) is 1. The lowest BCUT2D eigenvalue weighted by Gasteiger charge is -2.10. The maximum absolute atomic E-state index is 4.71. The molecule has 2 rings (SSSR count). The van der Waals surface area contributed by atoms with E-state index in [0.717, 1.165) is 11.9 Å². The van der Waals surface area contributed by atoms with Gasteiger partial charge in [-0.25, -0.2) is 0 Å². The van der Waals surface area contributed by atoms with Gasteiger partial charge < -0.3 is 0 Å². The number of benzene rings is 1. The highest BCUT2D eigenvalue weighted by atomic mass is 127. The second-order valence-corrected chi connectivity index (χ2v) is 5.07. The standard InChI is InChI=1S/C13H14IN/c1-4-12-9(3)8(2)11-6-5-10(14)7-13(11)15-12/h5-7H,4H2,1-3H3. The average molecular weight is 311 g/mol. The number of halogens is 1. The van der Waals surface area contributed by atoms with Crippen LogP contribution in [0.5, 0.6) is 0 Å². The zero-order chi connectivity index (χ0) is 11.0. The Kier molecular flexibility index (Phi) is 2.96. The van der Waals surface area contributed by atoms with Crippen LogP contribution < -0.4 is 0 Å². The van der Waals surface area contributed by atoms with Crippen molar-refractivity contribution in [3.05, 3.63) is 38.6 Å². The van der Waals surface area contributed by atoms with Gasteiger partial charge in [0, 0.05) is 14.7 Å². The summed E-state index contributed by atoms with van der Waals surface area (Å²) in [4.78, 5) is 4.71. The third kappa shape index (κ3) is 1.87. The minimum absolute atomic E-state index is 1.01. The molecule has 0 saturated heterocycles. The Bertz CT molecular complexity index is 517. The molecule has 0 atom stereocenters. The first-order chi connectivity index (χ1) is 7.13. The van der Waals surface area contributed by atoms with E-state index in [0.29, 0.717) is 0 Å². The molecule has 1 aromatic carbocycles. The van der Waals surface area contributed by atoms with Crippen LogP contribution in [-0.2, 0) is 6.42 Å². The molecule has 0 fully saturated rings. The van der Waals surface area contributed by atoms with Crippen molar-refractivity contribution in [2.24, 2.45) is 0 Å². The van der Waals surface area contributed by atoms with E-state index in [4.69, 9.17) is 4.98 Å². The molecule has 0 aliphatic carbocycles. The van der Waals surface area contributed by atoms with Crippen LogP contribution in [-0.4, -0.2) is 4.98 Å². The normalized spacial score (nSPS) is 10.9. The Hall–Kier alpha value is -0.640. The zero-order valence-corrected chi connectivity index (χ0v) is 11.4. The van der Waals surface area contributed by atoms with Crippen molar-refractivity contribution in [2.75, 3.05) is 0 Å². The summed E-state index contributed by atoms with van der Waals surface area (Å²) >= 11 is 2.33. The molecule has 0 spiro atoms. The fourth-order valence-corrected chi connectivity index (χ4v) is 2.38. The number of hydrogen-bond acceptors (Lipinski definition) is 1. The van der Waals surface area contributed by atoms with E-state index in [1.807, 2.05) is 0 Å². The summed E-state index contributed by atoms with van der Waals surface area (Å²) in [5.41, 5.74) is 5.06. The van der Waals surface area contributed by atoms with Crippen molar-refractivity contribution in [3.8, 4) is 0 Å². The molecule has 78 valence electrons. The highest BCUT2D eigenvalue weighted by Crippen LogP contribution is 2.23. The quantitative estimate of drug-likeness (QED) is 0.725. The number of rotatable bonds is 1. The predicted octanol–water partition coefficient (Wildman–Crippen LogP) is 4.02. The number of aryl methyl sites for hydroxylation is 2. The van der Waals surface area contributed by atoms with Gasteiger partial charge in [0.05, 0.1) is 5.52 Å². The molecule has 0 bridgehead atoms. The Labute approximate surface area is 104 Å². The van der Waals surface area contributed by atoms with Crippen molar-refractivity contribution in [2.45, 2.75) is 27.2 Å². The van der Waals surface area contributed by atoms with Crippen molar-refractivity contribution >= 4 is 33.5 Å². The maximum atomic E-state index is 4.71. The van der Waals surface area contributed by atoms with Crippen molar-refractivity contribution in [1.29, 1.82) is 0 Å². The lowest BCUT2D eigenvalue weighted by molar-refractivity contribution is 1.02. The van der Waals surface area contributed by atoms with E-state index >= 15 is 0 Å². The van der Waals surface area contributed by atoms with Gasteiger partial charge in [0.25, 0.3) is 0 Å². The largest absolute Gasteiger partial charge is 0.253 e. The molecule has 0 radical (unpaired) electrons. The first kappa shape index (κ1) is 10.9. The van der Waals surface area contributed by atoms with Crippen LogP contribution in [0.3, 0.4) is 0 Å². The molecule has 15 heavy (non-hydrogen) atoms. The minimum Gasteiger partial charge on any atom is -0.253 e. The number of pyridine rings is 1. The van der Waals surface area contributed by atoms with Crippen LogP contribution in [0.4, 0.5) is 0 Å². The third-order valence-corrected chi connectivity index (χ3v) is 3.62. The summed E-state index contributed by atoms with van der Waals surface area (Å²) < 4.78 is 1.25. The van der Waals surface area contributed by atoms with Gasteiger partial charge in [0.2, 0.25) is 0 Å². The summed E-state index contributed by atoms with van der Waals surface area (Å²) in [5, 5.41) is 1.28. The maximum Gasteiger partial charge on any atom is 0.0718 e. The van der Waals surface area contributed by atoms with Gasteiger partial charge in [-0.2, -0.15) is 0 Å². The Morgan fingerprint density at radius 1 is 1.20 bits per heavy atom. The van der Waals surface area contributed by atoms with Gasteiger partial charge in [-0.3, -0.25) is 4.98 Å². The first-order valence-corrected chi connectivity index (χ1v) is 6.26. The molecule has 0 N–H and O–H groups in total. The van der Waals surface area contributed by atoms with E-state index in [1.54, 1.807) is 0 Å². The second-order valence-electron chi connectivity index (χ2n) is 3.82. The molecule has 0 aliphatic rings. The molecule has 2 aromatic rings. The monoisotopic (exact) mass is 311 g/mol. The second kappa shape index (κ2) is 4.08. The van der Waals surface area contributed by atoms with Gasteiger partial charge in [-0.05, 0) is 66.1 Å². The average Bonchev–Trinajstić information content (AvgIpc) is 2.23. The van der Waals surface area contributed by atoms with Crippen molar-refractivity contribution in [3.63, 3.8) is 0 Å². The number of hydrogen-bond donors (Lipinski definition) is 0. The summed E-state index contributed by atoms with van der Waals surface area (Å²) in [6.45, 7) is 6.51. The SMILES string of the molecule is CCc1nc2cc(I)ccc2c(C)c1C. The first-order valence-electron chi connectivity index (χ1n) is 5.18. The van der Waals surface area contributed by atoms with Crippen LogP contribution in [0.15, 0.2) is 18.2 Å². The number of fused-ring (bicyclic) bond motifs is 1. The Morgan fingerprint density at radius 2 is 1.93 bits per heavy atom. The van der Waals surface area contributed by atoms with Crippen LogP contribution in [0, 0.1) is 17.4 Å². The van der Waals surface area contributed by atoms with Crippen LogP contribution >= 0.6 is 22.6 Å². The summed E-state index contributed by atoms with van der Waals surface area (Å²) in [5.74, 6) is 0. The van der Waals surface area contributed by atoms with E-state index in [1.165, 1.54) is 25.8 Å². The Morgan fingerprint density at radius 3 is 2.60 bits per heavy atom. The Balaban J connectivity index is 2.84. The molecular weight excluding hydrogens is 297 g/mol. The molecule has 1 aromatic heterocycles. The zero-order valence-electron chi connectivity index (χ0n) is 9.26. The van der Waals surface area contributed by atoms with E-state index in [-0.39, 0.29) is 0 Å². The van der Waals surface area contributed by atoms with E-state index < -0.39 is 0 Å². The minimum atomic E-state index is 1.01. The van der Waals surface area contributed by atoms with Crippen molar-refractivity contribution < 1.29 is 0 Å². The van der Waals surface area contributed by atoms with Crippen molar-refractivity contribution in [1.82, 2.24) is 4.98 Å². The lowest BCUT2D eigenvalue weighted by Crippen LogP contribution is -1.97. The third-order valence-electron chi connectivity index (χ3n) is 2.95. The molecule has 0 amide bonds. The fourth-order valence-electron chi connectivity index (χ4n) is 1.91. The molecule has 2 heteroatoms. The fraction of sp³-hybridized carbons (Fsp3) is 0.308. The molecular formula is C13H14IN. The van der Waals surface area contributed by atoms with Gasteiger partial charge in [0.1, 0.15) is 0 Å². The van der Waals surface area contributed by atoms with Crippen LogP contribution in [0.1, 0.15) is 23.7 Å². The smallest absolute Gasteiger partial charge is 0.0718 e. The van der Waals surface area contributed by atoms with Gasteiger partial charge >= 0.3 is 0 Å². The summed E-state index contributed by atoms with van der Waals surface area (Å²) in [6, 6.07) is 6.47. The summed E-state index contributed by atoms with van der Waals surface area (Å²) in [6.07, 6.45) is 1.01. The topological polar surface area (TPSA) is 12.9 Å². The molecule has 1 heterocycles. The molecule has 0 unspecified atom stereocenters. The van der Waals surface area contributed by atoms with Gasteiger partial charge in [0.15, 0.2) is 0 Å². The van der Waals surface area contributed by atoms with E-state index in [2.05, 4.69) is 61.6 Å². The van der Waals surface area contributed by atoms with Crippen LogP contribution in [0.25, 0.3) is 10.9 Å². The molecule has 0 saturated carbocycles. The highest BCUT2D eigenvalue weighted by molar-refractivity contribution is 14.1. The summed E-state index contributed by atoms with van der Waals surface area (Å²) in [7, 11) is 0. The van der Waals surface area contributed by atoms with Crippen LogP contribution in [0.2, 0.25) is 0 Å². The number of aromatic nitrogens is 1. The van der Waals surface area contributed by atoms with E-state index in [9.17, 15) is 0 Å². The predicted molar refractivity (Wildman–Crippen MR) is 73.3 cm³/mol. The van der Waals surface area contributed by atoms with Gasteiger partial charge in [-0.1, -0.05) is 13.0 Å².